The fourth-order valence-corrected chi connectivity index (χ4v) is 1.44. The first-order valence-electron chi connectivity index (χ1n) is 6.29. The summed E-state index contributed by atoms with van der Waals surface area (Å²) in [7, 11) is 0. The molecule has 1 atom stereocenters. The normalized spacial score (nSPS) is 12.1. The van der Waals surface area contributed by atoms with Crippen molar-refractivity contribution >= 4 is 17.9 Å². The van der Waals surface area contributed by atoms with Gasteiger partial charge in [-0.25, -0.2) is 9.59 Å². The number of rotatable bonds is 7. The average molecular weight is 273 g/mol. The maximum Gasteiger partial charge on any atom is 0.326 e. The van der Waals surface area contributed by atoms with Crippen molar-refractivity contribution < 1.29 is 19.5 Å². The maximum atomic E-state index is 11.5. The lowest BCUT2D eigenvalue weighted by molar-refractivity contribution is -0.139. The van der Waals surface area contributed by atoms with Gasteiger partial charge in [-0.1, -0.05) is 13.8 Å². The Morgan fingerprint density at radius 1 is 1.05 bits per heavy atom. The van der Waals surface area contributed by atoms with Crippen LogP contribution in [0, 0.1) is 5.92 Å². The van der Waals surface area contributed by atoms with E-state index in [1.165, 1.54) is 0 Å². The molecule has 0 aromatic heterocycles. The lowest BCUT2D eigenvalue weighted by Gasteiger charge is -2.17. The molecule has 7 nitrogen and oxygen atoms in total. The summed E-state index contributed by atoms with van der Waals surface area (Å²) in [5.41, 5.74) is 0. The second-order valence-corrected chi connectivity index (χ2v) is 5.07. The molecule has 0 aliphatic rings. The molecule has 0 heterocycles. The predicted molar refractivity (Wildman–Crippen MR) is 70.7 cm³/mol. The molecule has 0 rings (SSSR count). The van der Waals surface area contributed by atoms with Crippen LogP contribution in [-0.4, -0.2) is 41.6 Å². The quantitative estimate of drug-likeness (QED) is 0.535. The molecule has 7 heteroatoms. The predicted octanol–water partition coefficient (Wildman–Crippen LogP) is 0.310. The van der Waals surface area contributed by atoms with Crippen LogP contribution in [0.1, 0.15) is 34.1 Å². The second kappa shape index (κ2) is 8.34. The zero-order valence-corrected chi connectivity index (χ0v) is 11.8. The fraction of sp³-hybridized carbons (Fsp3) is 0.750. The van der Waals surface area contributed by atoms with Crippen LogP contribution in [0.4, 0.5) is 4.79 Å². The van der Waals surface area contributed by atoms with Gasteiger partial charge in [0.05, 0.1) is 6.54 Å². The first-order chi connectivity index (χ1) is 8.72. The van der Waals surface area contributed by atoms with E-state index in [0.29, 0.717) is 6.42 Å². The second-order valence-electron chi connectivity index (χ2n) is 5.07. The van der Waals surface area contributed by atoms with Crippen LogP contribution in [-0.2, 0) is 9.59 Å². The van der Waals surface area contributed by atoms with E-state index in [0.717, 1.165) is 0 Å². The number of urea groups is 1. The highest BCUT2D eigenvalue weighted by molar-refractivity contribution is 5.86. The number of amides is 3. The first kappa shape index (κ1) is 17.2. The van der Waals surface area contributed by atoms with Crippen molar-refractivity contribution in [2.45, 2.75) is 46.2 Å². The third-order valence-corrected chi connectivity index (χ3v) is 2.17. The molecule has 4 N–H and O–H groups in total. The lowest BCUT2D eigenvalue weighted by atomic mass is 10.0. The third-order valence-electron chi connectivity index (χ3n) is 2.17. The fourth-order valence-electron chi connectivity index (χ4n) is 1.44. The van der Waals surface area contributed by atoms with Crippen LogP contribution in [0.5, 0.6) is 0 Å². The van der Waals surface area contributed by atoms with E-state index < -0.39 is 18.0 Å². The van der Waals surface area contributed by atoms with Crippen LogP contribution in [0.2, 0.25) is 0 Å². The van der Waals surface area contributed by atoms with Crippen LogP contribution in [0.25, 0.3) is 0 Å². The molecule has 0 aromatic rings. The summed E-state index contributed by atoms with van der Waals surface area (Å²) in [4.78, 5) is 33.7. The van der Waals surface area contributed by atoms with Gasteiger partial charge in [-0.05, 0) is 26.2 Å². The van der Waals surface area contributed by atoms with Gasteiger partial charge < -0.3 is 21.1 Å². The van der Waals surface area contributed by atoms with Crippen LogP contribution in [0.3, 0.4) is 0 Å². The largest absolute Gasteiger partial charge is 0.480 e. The summed E-state index contributed by atoms with van der Waals surface area (Å²) in [5, 5.41) is 16.2. The molecule has 0 saturated heterocycles. The molecule has 0 spiro atoms. The van der Waals surface area contributed by atoms with Gasteiger partial charge in [0.25, 0.3) is 0 Å². The summed E-state index contributed by atoms with van der Waals surface area (Å²) in [6.07, 6.45) is 0.334. The Hall–Kier alpha value is -1.79. The molecule has 0 saturated carbocycles. The third kappa shape index (κ3) is 8.87. The van der Waals surface area contributed by atoms with E-state index in [2.05, 4.69) is 16.0 Å². The molecule has 0 fully saturated rings. The Morgan fingerprint density at radius 3 is 2.05 bits per heavy atom. The minimum absolute atomic E-state index is 0.00919. The highest BCUT2D eigenvalue weighted by Crippen LogP contribution is 2.04. The molecular weight excluding hydrogens is 250 g/mol. The number of nitrogens with one attached hydrogen (secondary N) is 3. The maximum absolute atomic E-state index is 11.5. The van der Waals surface area contributed by atoms with Crippen molar-refractivity contribution in [1.29, 1.82) is 0 Å². The molecule has 3 amide bonds. The van der Waals surface area contributed by atoms with E-state index in [1.54, 1.807) is 13.8 Å². The van der Waals surface area contributed by atoms with Crippen LogP contribution < -0.4 is 16.0 Å². The van der Waals surface area contributed by atoms with Gasteiger partial charge in [0.1, 0.15) is 6.04 Å². The molecule has 0 bridgehead atoms. The number of aliphatic carboxylic acids is 1. The Kier molecular flexibility index (Phi) is 7.55. The van der Waals surface area contributed by atoms with E-state index >= 15 is 0 Å². The molecule has 0 aliphatic heterocycles. The summed E-state index contributed by atoms with van der Waals surface area (Å²) in [5.74, 6) is -1.26. The van der Waals surface area contributed by atoms with Crippen molar-refractivity contribution in [3.05, 3.63) is 0 Å². The van der Waals surface area contributed by atoms with Gasteiger partial charge in [0.2, 0.25) is 5.91 Å². The number of carboxylic acids is 1. The highest BCUT2D eigenvalue weighted by atomic mass is 16.4. The molecule has 0 aliphatic carbocycles. The SMILES string of the molecule is CC(C)C[C@@H](NC(=O)NCC(=O)NC(C)C)C(=O)O. The Labute approximate surface area is 113 Å². The van der Waals surface area contributed by atoms with Gasteiger partial charge in [0.15, 0.2) is 0 Å². The highest BCUT2D eigenvalue weighted by Gasteiger charge is 2.21. The minimum Gasteiger partial charge on any atom is -0.480 e. The number of hydrogen-bond acceptors (Lipinski definition) is 3. The summed E-state index contributed by atoms with van der Waals surface area (Å²) < 4.78 is 0. The number of carboxylic acid groups (broad SMARTS) is 1. The van der Waals surface area contributed by atoms with E-state index in [4.69, 9.17) is 5.11 Å². The van der Waals surface area contributed by atoms with E-state index in [1.807, 2.05) is 13.8 Å². The Morgan fingerprint density at radius 2 is 1.63 bits per heavy atom. The summed E-state index contributed by atoms with van der Waals surface area (Å²) in [6, 6.07) is -1.62. The molecule has 0 aromatic carbocycles. The molecule has 19 heavy (non-hydrogen) atoms. The minimum atomic E-state index is -1.09. The van der Waals surface area contributed by atoms with E-state index in [-0.39, 0.29) is 24.4 Å². The van der Waals surface area contributed by atoms with E-state index in [9.17, 15) is 14.4 Å². The average Bonchev–Trinajstić information content (AvgIpc) is 2.23. The van der Waals surface area contributed by atoms with Gasteiger partial charge in [-0.3, -0.25) is 4.79 Å². The molecular formula is C12H23N3O4. The monoisotopic (exact) mass is 273 g/mol. The van der Waals surface area contributed by atoms with Gasteiger partial charge in [0, 0.05) is 6.04 Å². The van der Waals surface area contributed by atoms with Gasteiger partial charge in [-0.15, -0.1) is 0 Å². The summed E-state index contributed by atoms with van der Waals surface area (Å²) in [6.45, 7) is 7.16. The smallest absolute Gasteiger partial charge is 0.326 e. The van der Waals surface area contributed by atoms with Gasteiger partial charge >= 0.3 is 12.0 Å². The Bertz CT molecular complexity index is 329. The van der Waals surface area contributed by atoms with Crippen LogP contribution in [0.15, 0.2) is 0 Å². The molecule has 110 valence electrons. The summed E-state index contributed by atoms with van der Waals surface area (Å²) >= 11 is 0. The molecule has 0 radical (unpaired) electrons. The number of carbonyl (C=O) groups excluding carboxylic acids is 2. The number of carbonyl (C=O) groups is 3. The lowest BCUT2D eigenvalue weighted by Crippen LogP contribution is -2.49. The van der Waals surface area contributed by atoms with Crippen molar-refractivity contribution in [2.75, 3.05) is 6.54 Å². The van der Waals surface area contributed by atoms with Crippen LogP contribution >= 0.6 is 0 Å². The first-order valence-corrected chi connectivity index (χ1v) is 6.29. The molecule has 0 unspecified atom stereocenters. The zero-order valence-electron chi connectivity index (χ0n) is 11.8. The Balaban J connectivity index is 4.13. The zero-order chi connectivity index (χ0) is 15.0. The number of hydrogen-bond donors (Lipinski definition) is 4. The van der Waals surface area contributed by atoms with Crippen molar-refractivity contribution in [3.63, 3.8) is 0 Å². The van der Waals surface area contributed by atoms with Gasteiger partial charge in [-0.2, -0.15) is 0 Å². The standard InChI is InChI=1S/C12H23N3O4/c1-7(2)5-9(11(17)18)15-12(19)13-6-10(16)14-8(3)4/h7-9H,5-6H2,1-4H3,(H,14,16)(H,17,18)(H2,13,15,19)/t9-/m1/s1. The topological polar surface area (TPSA) is 108 Å². The van der Waals surface area contributed by atoms with Crippen molar-refractivity contribution in [2.24, 2.45) is 5.92 Å². The van der Waals surface area contributed by atoms with Crippen molar-refractivity contribution in [3.8, 4) is 0 Å². The van der Waals surface area contributed by atoms with Crippen molar-refractivity contribution in [1.82, 2.24) is 16.0 Å².